The number of carbonyl (C=O) groups is 2. The first-order valence-corrected chi connectivity index (χ1v) is 10.3. The van der Waals surface area contributed by atoms with Crippen molar-refractivity contribution < 1.29 is 19.1 Å². The molecule has 2 atom stereocenters. The number of ether oxygens (including phenoxy) is 2. The van der Waals surface area contributed by atoms with Crippen LogP contribution in [0.15, 0.2) is 48.5 Å². The van der Waals surface area contributed by atoms with Crippen LogP contribution in [0.2, 0.25) is 0 Å². The Morgan fingerprint density at radius 1 is 1.00 bits per heavy atom. The number of hydrogen-bond donors (Lipinski definition) is 0. The van der Waals surface area contributed by atoms with E-state index in [1.165, 1.54) is 0 Å². The number of rotatable bonds is 6. The number of hydrogen-bond acceptors (Lipinski definition) is 4. The molecule has 0 heterocycles. The molecule has 0 bridgehead atoms. The second-order valence-corrected chi connectivity index (χ2v) is 8.48. The van der Waals surface area contributed by atoms with Crippen molar-refractivity contribution in [3.8, 4) is 0 Å². The highest BCUT2D eigenvalue weighted by Crippen LogP contribution is 2.44. The molecular formula is C25H30O4. The van der Waals surface area contributed by atoms with Gasteiger partial charge in [0.25, 0.3) is 0 Å². The van der Waals surface area contributed by atoms with E-state index in [0.29, 0.717) is 25.0 Å². The summed E-state index contributed by atoms with van der Waals surface area (Å²) in [4.78, 5) is 26.1. The third-order valence-corrected chi connectivity index (χ3v) is 5.60. The Kier molecular flexibility index (Phi) is 6.41. The number of esters is 2. The summed E-state index contributed by atoms with van der Waals surface area (Å²) in [6.07, 6.45) is 1.51. The second-order valence-electron chi connectivity index (χ2n) is 8.48. The fraction of sp³-hybridized carbons (Fsp3) is 0.440. The zero-order valence-electron chi connectivity index (χ0n) is 17.7. The molecule has 29 heavy (non-hydrogen) atoms. The van der Waals surface area contributed by atoms with E-state index in [4.69, 9.17) is 9.47 Å². The SMILES string of the molecule is Cc1ccc(C(=O)OC2CCCC2(C(=O)OCC(C)C)c2ccc(C)cc2)cc1. The summed E-state index contributed by atoms with van der Waals surface area (Å²) >= 11 is 0. The van der Waals surface area contributed by atoms with E-state index in [9.17, 15) is 9.59 Å². The van der Waals surface area contributed by atoms with Crippen LogP contribution < -0.4 is 0 Å². The molecule has 1 saturated carbocycles. The molecule has 1 fully saturated rings. The van der Waals surface area contributed by atoms with Crippen molar-refractivity contribution in [3.05, 3.63) is 70.8 Å². The fourth-order valence-electron chi connectivity index (χ4n) is 3.92. The van der Waals surface area contributed by atoms with Gasteiger partial charge >= 0.3 is 11.9 Å². The summed E-state index contributed by atoms with van der Waals surface area (Å²) in [6.45, 7) is 8.35. The van der Waals surface area contributed by atoms with Crippen LogP contribution in [-0.2, 0) is 19.7 Å². The number of benzene rings is 2. The molecule has 3 rings (SSSR count). The highest BCUT2D eigenvalue weighted by Gasteiger charge is 2.54. The van der Waals surface area contributed by atoms with Gasteiger partial charge in [0, 0.05) is 0 Å². The molecule has 0 spiro atoms. The average Bonchev–Trinajstić information content (AvgIpc) is 3.11. The predicted octanol–water partition coefficient (Wildman–Crippen LogP) is 5.15. The van der Waals surface area contributed by atoms with Crippen LogP contribution in [0.1, 0.15) is 60.2 Å². The van der Waals surface area contributed by atoms with Crippen molar-refractivity contribution in [2.75, 3.05) is 6.61 Å². The zero-order valence-corrected chi connectivity index (χ0v) is 17.7. The largest absolute Gasteiger partial charge is 0.465 e. The third kappa shape index (κ3) is 4.52. The molecule has 0 aromatic heterocycles. The van der Waals surface area contributed by atoms with Gasteiger partial charge in [0.05, 0.1) is 12.2 Å². The molecular weight excluding hydrogens is 364 g/mol. The van der Waals surface area contributed by atoms with Crippen LogP contribution in [0.5, 0.6) is 0 Å². The van der Waals surface area contributed by atoms with Crippen LogP contribution in [-0.4, -0.2) is 24.6 Å². The van der Waals surface area contributed by atoms with Gasteiger partial charge in [-0.2, -0.15) is 0 Å². The molecule has 0 aliphatic heterocycles. The van der Waals surface area contributed by atoms with Gasteiger partial charge in [-0.3, -0.25) is 4.79 Å². The molecule has 0 saturated heterocycles. The Balaban J connectivity index is 1.92. The van der Waals surface area contributed by atoms with Gasteiger partial charge in [-0.05, 0) is 56.7 Å². The maximum absolute atomic E-state index is 13.3. The number of aryl methyl sites for hydroxylation is 2. The molecule has 0 radical (unpaired) electrons. The maximum Gasteiger partial charge on any atom is 0.338 e. The quantitative estimate of drug-likeness (QED) is 0.636. The summed E-state index contributed by atoms with van der Waals surface area (Å²) in [5.74, 6) is -0.455. The van der Waals surface area contributed by atoms with Crippen LogP contribution in [0.3, 0.4) is 0 Å². The summed E-state index contributed by atoms with van der Waals surface area (Å²) in [5, 5.41) is 0. The fourth-order valence-corrected chi connectivity index (χ4v) is 3.92. The van der Waals surface area contributed by atoms with Crippen LogP contribution in [0.4, 0.5) is 0 Å². The Morgan fingerprint density at radius 3 is 2.17 bits per heavy atom. The van der Waals surface area contributed by atoms with Gasteiger partial charge in [0.1, 0.15) is 11.5 Å². The van der Waals surface area contributed by atoms with Gasteiger partial charge in [-0.25, -0.2) is 4.79 Å². The lowest BCUT2D eigenvalue weighted by molar-refractivity contribution is -0.155. The summed E-state index contributed by atoms with van der Waals surface area (Å²) in [5.41, 5.74) is 2.59. The first kappa shape index (κ1) is 21.1. The number of carbonyl (C=O) groups excluding carboxylic acids is 2. The molecule has 2 aromatic carbocycles. The van der Waals surface area contributed by atoms with Crippen molar-refractivity contribution in [1.29, 1.82) is 0 Å². The van der Waals surface area contributed by atoms with Crippen LogP contribution >= 0.6 is 0 Å². The molecule has 4 heteroatoms. The van der Waals surface area contributed by atoms with Gasteiger partial charge in [0.2, 0.25) is 0 Å². The van der Waals surface area contributed by atoms with E-state index < -0.39 is 17.5 Å². The minimum absolute atomic E-state index is 0.240. The maximum atomic E-state index is 13.3. The monoisotopic (exact) mass is 394 g/mol. The standard InChI is InChI=1S/C25H30O4/c1-17(2)16-28-24(27)25(21-13-9-19(4)10-14-21)15-5-6-22(25)29-23(26)20-11-7-18(3)8-12-20/h7-14,17,22H,5-6,15-16H2,1-4H3. The van der Waals surface area contributed by atoms with Gasteiger partial charge in [-0.1, -0.05) is 61.4 Å². The lowest BCUT2D eigenvalue weighted by Crippen LogP contribution is -2.46. The van der Waals surface area contributed by atoms with E-state index in [2.05, 4.69) is 0 Å². The molecule has 4 nitrogen and oxygen atoms in total. The summed E-state index contributed by atoms with van der Waals surface area (Å²) in [7, 11) is 0. The highest BCUT2D eigenvalue weighted by atomic mass is 16.6. The van der Waals surface area contributed by atoms with E-state index in [-0.39, 0.29) is 11.9 Å². The van der Waals surface area contributed by atoms with Crippen molar-refractivity contribution >= 4 is 11.9 Å². The van der Waals surface area contributed by atoms with Crippen molar-refractivity contribution in [3.63, 3.8) is 0 Å². The predicted molar refractivity (Wildman–Crippen MR) is 113 cm³/mol. The second kappa shape index (κ2) is 8.81. The highest BCUT2D eigenvalue weighted by molar-refractivity contribution is 5.91. The van der Waals surface area contributed by atoms with Gasteiger partial charge < -0.3 is 9.47 Å². The molecule has 2 aromatic rings. The average molecular weight is 395 g/mol. The molecule has 2 unspecified atom stereocenters. The van der Waals surface area contributed by atoms with Gasteiger partial charge in [-0.15, -0.1) is 0 Å². The van der Waals surface area contributed by atoms with E-state index in [0.717, 1.165) is 23.1 Å². The van der Waals surface area contributed by atoms with Crippen molar-refractivity contribution in [2.24, 2.45) is 5.92 Å². The molecule has 154 valence electrons. The molecule has 0 N–H and O–H groups in total. The first-order valence-electron chi connectivity index (χ1n) is 10.3. The van der Waals surface area contributed by atoms with Crippen LogP contribution in [0.25, 0.3) is 0 Å². The van der Waals surface area contributed by atoms with E-state index in [1.54, 1.807) is 12.1 Å². The summed E-state index contributed by atoms with van der Waals surface area (Å²) in [6, 6.07) is 15.2. The third-order valence-electron chi connectivity index (χ3n) is 5.60. The van der Waals surface area contributed by atoms with E-state index in [1.807, 2.05) is 64.1 Å². The molecule has 0 amide bonds. The Hall–Kier alpha value is -2.62. The molecule has 1 aliphatic rings. The topological polar surface area (TPSA) is 52.6 Å². The Bertz CT molecular complexity index is 851. The minimum atomic E-state index is -0.955. The molecule has 1 aliphatic carbocycles. The Labute approximate surface area is 173 Å². The van der Waals surface area contributed by atoms with Crippen LogP contribution in [0, 0.1) is 19.8 Å². The van der Waals surface area contributed by atoms with Gasteiger partial charge in [0.15, 0.2) is 0 Å². The minimum Gasteiger partial charge on any atom is -0.465 e. The van der Waals surface area contributed by atoms with Crippen molar-refractivity contribution in [2.45, 2.75) is 58.5 Å². The lowest BCUT2D eigenvalue weighted by Gasteiger charge is -2.33. The smallest absolute Gasteiger partial charge is 0.338 e. The summed E-state index contributed by atoms with van der Waals surface area (Å²) < 4.78 is 11.6. The zero-order chi connectivity index (χ0) is 21.0. The van der Waals surface area contributed by atoms with E-state index >= 15 is 0 Å². The van der Waals surface area contributed by atoms with Crippen molar-refractivity contribution in [1.82, 2.24) is 0 Å². The lowest BCUT2D eigenvalue weighted by atomic mass is 9.76. The normalized spacial score (nSPS) is 21.2. The first-order chi connectivity index (χ1) is 13.8. The Morgan fingerprint density at radius 2 is 1.59 bits per heavy atom.